The predicted octanol–water partition coefficient (Wildman–Crippen LogP) is 5.21. The first-order valence-corrected chi connectivity index (χ1v) is 10.1. The van der Waals surface area contributed by atoms with E-state index in [-0.39, 0.29) is 24.1 Å². The molecular weight excluding hydrogens is 419 g/mol. The van der Waals surface area contributed by atoms with Gasteiger partial charge in [-0.15, -0.1) is 0 Å². The van der Waals surface area contributed by atoms with Crippen LogP contribution in [0.5, 0.6) is 5.75 Å². The number of rotatable bonds is 6. The minimum Gasteiger partial charge on any atom is -0.495 e. The van der Waals surface area contributed by atoms with E-state index in [0.717, 1.165) is 5.56 Å². The summed E-state index contributed by atoms with van der Waals surface area (Å²) in [6.45, 7) is 0.388. The van der Waals surface area contributed by atoms with Crippen LogP contribution in [-0.2, 0) is 11.3 Å². The Labute approximate surface area is 184 Å². The van der Waals surface area contributed by atoms with Crippen molar-refractivity contribution < 1.29 is 18.7 Å². The smallest absolute Gasteiger partial charge is 0.255 e. The molecular formula is C24H20ClFN2O3. The van der Waals surface area contributed by atoms with Gasteiger partial charge in [0.1, 0.15) is 11.6 Å². The third-order valence-corrected chi connectivity index (χ3v) is 5.59. The van der Waals surface area contributed by atoms with Crippen molar-refractivity contribution in [1.82, 2.24) is 4.90 Å². The maximum absolute atomic E-state index is 13.5. The van der Waals surface area contributed by atoms with E-state index < -0.39 is 6.04 Å². The van der Waals surface area contributed by atoms with Crippen molar-refractivity contribution in [3.63, 3.8) is 0 Å². The third kappa shape index (κ3) is 4.39. The van der Waals surface area contributed by atoms with Crippen LogP contribution in [0.25, 0.3) is 0 Å². The average Bonchev–Trinajstić information content (AvgIpc) is 3.09. The van der Waals surface area contributed by atoms with E-state index in [1.807, 2.05) is 18.2 Å². The third-order valence-electron chi connectivity index (χ3n) is 5.29. The molecule has 3 aromatic rings. The van der Waals surface area contributed by atoms with Crippen LogP contribution in [0.2, 0.25) is 5.02 Å². The fraction of sp³-hybridized carbons (Fsp3) is 0.167. The van der Waals surface area contributed by atoms with Crippen LogP contribution in [0.4, 0.5) is 10.1 Å². The molecule has 1 N–H and O–H groups in total. The first kappa shape index (κ1) is 20.9. The summed E-state index contributed by atoms with van der Waals surface area (Å²) in [7, 11) is 1.51. The normalized spacial score (nSPS) is 13.6. The van der Waals surface area contributed by atoms with Gasteiger partial charge in [0.25, 0.3) is 5.91 Å². The maximum Gasteiger partial charge on any atom is 0.255 e. The molecule has 0 fully saturated rings. The van der Waals surface area contributed by atoms with Crippen LogP contribution in [0.3, 0.4) is 0 Å². The molecule has 31 heavy (non-hydrogen) atoms. The van der Waals surface area contributed by atoms with Crippen molar-refractivity contribution >= 4 is 29.1 Å². The number of carbonyl (C=O) groups is 2. The van der Waals surface area contributed by atoms with E-state index >= 15 is 0 Å². The van der Waals surface area contributed by atoms with E-state index in [0.29, 0.717) is 34.1 Å². The molecule has 0 bridgehead atoms. The topological polar surface area (TPSA) is 58.6 Å². The summed E-state index contributed by atoms with van der Waals surface area (Å²) in [4.78, 5) is 27.5. The second kappa shape index (κ2) is 8.78. The maximum atomic E-state index is 13.5. The highest BCUT2D eigenvalue weighted by molar-refractivity contribution is 6.32. The fourth-order valence-electron chi connectivity index (χ4n) is 3.75. The van der Waals surface area contributed by atoms with E-state index in [2.05, 4.69) is 5.32 Å². The molecule has 1 aliphatic rings. The van der Waals surface area contributed by atoms with Gasteiger partial charge in [0.2, 0.25) is 5.91 Å². The average molecular weight is 439 g/mol. The van der Waals surface area contributed by atoms with Crippen molar-refractivity contribution in [2.75, 3.05) is 12.4 Å². The van der Waals surface area contributed by atoms with Crippen LogP contribution in [0.15, 0.2) is 66.7 Å². The number of amides is 2. The number of methoxy groups -OCH3 is 1. The summed E-state index contributed by atoms with van der Waals surface area (Å²) in [6, 6.07) is 17.6. The van der Waals surface area contributed by atoms with Gasteiger partial charge in [0.15, 0.2) is 0 Å². The van der Waals surface area contributed by atoms with Gasteiger partial charge in [-0.3, -0.25) is 9.59 Å². The number of anilines is 1. The lowest BCUT2D eigenvalue weighted by Gasteiger charge is -2.28. The first-order valence-electron chi connectivity index (χ1n) is 9.74. The molecule has 0 aliphatic carbocycles. The number of halogens is 2. The van der Waals surface area contributed by atoms with Crippen molar-refractivity contribution in [2.24, 2.45) is 0 Å². The zero-order valence-electron chi connectivity index (χ0n) is 16.8. The number of ether oxygens (including phenoxy) is 1. The molecule has 0 radical (unpaired) electrons. The molecule has 1 unspecified atom stereocenters. The van der Waals surface area contributed by atoms with Gasteiger partial charge in [-0.05, 0) is 47.5 Å². The van der Waals surface area contributed by atoms with Crippen LogP contribution < -0.4 is 10.1 Å². The Bertz CT molecular complexity index is 1130. The van der Waals surface area contributed by atoms with Crippen molar-refractivity contribution in [3.8, 4) is 5.75 Å². The van der Waals surface area contributed by atoms with Crippen molar-refractivity contribution in [1.29, 1.82) is 0 Å². The van der Waals surface area contributed by atoms with Crippen LogP contribution in [-0.4, -0.2) is 23.8 Å². The molecule has 1 heterocycles. The number of nitrogens with one attached hydrogen (secondary N) is 1. The summed E-state index contributed by atoms with van der Waals surface area (Å²) in [5.74, 6) is -0.315. The Kier molecular flexibility index (Phi) is 5.91. The number of hydrogen-bond donors (Lipinski definition) is 1. The summed E-state index contributed by atoms with van der Waals surface area (Å²) < 4.78 is 18.6. The van der Waals surface area contributed by atoms with Gasteiger partial charge in [0.05, 0.1) is 24.6 Å². The van der Waals surface area contributed by atoms with Gasteiger partial charge in [-0.2, -0.15) is 0 Å². The highest BCUT2D eigenvalue weighted by Crippen LogP contribution is 2.34. The van der Waals surface area contributed by atoms with E-state index in [9.17, 15) is 14.0 Å². The molecule has 0 aromatic heterocycles. The summed E-state index contributed by atoms with van der Waals surface area (Å²) in [5.41, 5.74) is 2.73. The van der Waals surface area contributed by atoms with E-state index in [1.165, 1.54) is 19.2 Å². The highest BCUT2D eigenvalue weighted by Gasteiger charge is 2.34. The summed E-state index contributed by atoms with van der Waals surface area (Å²) in [6.07, 6.45) is 0.00894. The van der Waals surface area contributed by atoms with Crippen molar-refractivity contribution in [2.45, 2.75) is 19.0 Å². The molecule has 2 amide bonds. The minimum absolute atomic E-state index is 0.00894. The van der Waals surface area contributed by atoms with Gasteiger partial charge >= 0.3 is 0 Å². The van der Waals surface area contributed by atoms with Gasteiger partial charge in [0, 0.05) is 17.8 Å². The Balaban J connectivity index is 1.58. The Morgan fingerprint density at radius 3 is 2.58 bits per heavy atom. The number of nitrogens with zero attached hydrogens (tertiary/aromatic N) is 1. The number of hydrogen-bond acceptors (Lipinski definition) is 3. The van der Waals surface area contributed by atoms with Gasteiger partial charge < -0.3 is 15.0 Å². The lowest BCUT2D eigenvalue weighted by molar-refractivity contribution is -0.117. The SMILES string of the molecule is COc1ccc(NC(=O)CC(c2ccc(F)cc2)N2Cc3ccccc3C2=O)cc1Cl. The summed E-state index contributed by atoms with van der Waals surface area (Å²) >= 11 is 6.14. The van der Waals surface area contributed by atoms with E-state index in [1.54, 1.807) is 41.3 Å². The summed E-state index contributed by atoms with van der Waals surface area (Å²) in [5, 5.41) is 3.19. The zero-order chi connectivity index (χ0) is 22.0. The number of benzene rings is 3. The second-order valence-electron chi connectivity index (χ2n) is 7.26. The monoisotopic (exact) mass is 438 g/mol. The Morgan fingerprint density at radius 1 is 1.16 bits per heavy atom. The van der Waals surface area contributed by atoms with Crippen molar-refractivity contribution in [3.05, 3.63) is 94.3 Å². The first-order chi connectivity index (χ1) is 15.0. The molecule has 4 rings (SSSR count). The molecule has 1 aliphatic heterocycles. The van der Waals surface area contributed by atoms with Gasteiger partial charge in [-0.25, -0.2) is 4.39 Å². The lowest BCUT2D eigenvalue weighted by atomic mass is 10.0. The molecule has 0 saturated carbocycles. The molecule has 0 spiro atoms. The Morgan fingerprint density at radius 2 is 1.90 bits per heavy atom. The van der Waals surface area contributed by atoms with Crippen LogP contribution in [0, 0.1) is 5.82 Å². The zero-order valence-corrected chi connectivity index (χ0v) is 17.5. The van der Waals surface area contributed by atoms with Gasteiger partial charge in [-0.1, -0.05) is 41.9 Å². The highest BCUT2D eigenvalue weighted by atomic mass is 35.5. The van der Waals surface area contributed by atoms with Crippen LogP contribution >= 0.6 is 11.6 Å². The largest absolute Gasteiger partial charge is 0.495 e. The molecule has 0 saturated heterocycles. The molecule has 7 heteroatoms. The Hall–Kier alpha value is -3.38. The van der Waals surface area contributed by atoms with Crippen LogP contribution in [0.1, 0.15) is 33.9 Å². The standard InChI is InChI=1S/C24H20ClFN2O3/c1-31-22-11-10-18(12-20(22)25)27-23(29)13-21(15-6-8-17(26)9-7-15)28-14-16-4-2-3-5-19(16)24(28)30/h2-12,21H,13-14H2,1H3,(H,27,29). The fourth-order valence-corrected chi connectivity index (χ4v) is 4.01. The molecule has 1 atom stereocenters. The number of fused-ring (bicyclic) bond motifs is 1. The lowest BCUT2D eigenvalue weighted by Crippen LogP contribution is -2.32. The molecule has 158 valence electrons. The molecule has 3 aromatic carbocycles. The van der Waals surface area contributed by atoms with E-state index in [4.69, 9.17) is 16.3 Å². The minimum atomic E-state index is -0.547. The second-order valence-corrected chi connectivity index (χ2v) is 7.67. The quantitative estimate of drug-likeness (QED) is 0.574. The number of carbonyl (C=O) groups excluding carboxylic acids is 2. The molecule has 5 nitrogen and oxygen atoms in total. The predicted molar refractivity (Wildman–Crippen MR) is 117 cm³/mol.